The molecule has 6 heteroatoms. The summed E-state index contributed by atoms with van der Waals surface area (Å²) in [5.74, 6) is -0.611. The number of carbonyl (C=O) groups excluding carboxylic acids is 1. The van der Waals surface area contributed by atoms with Crippen molar-refractivity contribution >= 4 is 5.91 Å². The molecule has 24 heavy (non-hydrogen) atoms. The fourth-order valence-corrected chi connectivity index (χ4v) is 2.41. The molecule has 0 aliphatic carbocycles. The summed E-state index contributed by atoms with van der Waals surface area (Å²) in [5.41, 5.74) is 1.38. The molecule has 0 atom stereocenters. The van der Waals surface area contributed by atoms with Gasteiger partial charge in [0.15, 0.2) is 0 Å². The highest BCUT2D eigenvalue weighted by Crippen LogP contribution is 2.30. The second-order valence-corrected chi connectivity index (χ2v) is 5.40. The topological polar surface area (TPSA) is 38.8 Å². The lowest BCUT2D eigenvalue weighted by Gasteiger charge is -2.19. The van der Waals surface area contributed by atoms with Crippen molar-refractivity contribution in [3.8, 4) is 11.5 Å². The molecule has 0 aliphatic rings. The highest BCUT2D eigenvalue weighted by Gasteiger charge is 2.18. The highest BCUT2D eigenvalue weighted by atomic mass is 19.1. The number of hydrogen-bond acceptors (Lipinski definition) is 3. The number of nitrogens with zero attached hydrogens (tertiary/aromatic N) is 1. The van der Waals surface area contributed by atoms with Crippen LogP contribution in [0.5, 0.6) is 11.5 Å². The zero-order valence-corrected chi connectivity index (χ0v) is 14.0. The zero-order valence-electron chi connectivity index (χ0n) is 14.0. The molecule has 0 N–H and O–H groups in total. The molecule has 2 aromatic carbocycles. The third-order valence-electron chi connectivity index (χ3n) is 3.77. The molecule has 2 rings (SSSR count). The summed E-state index contributed by atoms with van der Waals surface area (Å²) in [6.07, 6.45) is 0. The standard InChI is InChI=1S/C18H19F2NO3/c1-11-16(23-3)7-13(8-17(11)24-4)18(22)21(2)10-12-5-6-14(19)9-15(12)20/h5-9H,10H2,1-4H3. The maximum absolute atomic E-state index is 13.7. The van der Waals surface area contributed by atoms with E-state index in [1.54, 1.807) is 19.2 Å². The van der Waals surface area contributed by atoms with Crippen LogP contribution in [0, 0.1) is 18.6 Å². The van der Waals surface area contributed by atoms with Gasteiger partial charge < -0.3 is 14.4 Å². The Hall–Kier alpha value is -2.63. The van der Waals surface area contributed by atoms with Gasteiger partial charge in [-0.25, -0.2) is 8.78 Å². The molecule has 0 radical (unpaired) electrons. The summed E-state index contributed by atoms with van der Waals surface area (Å²) < 4.78 is 37.2. The summed E-state index contributed by atoms with van der Waals surface area (Å²) in [6.45, 7) is 1.84. The van der Waals surface area contributed by atoms with Crippen molar-refractivity contribution in [2.45, 2.75) is 13.5 Å². The Balaban J connectivity index is 2.27. The molecule has 0 aliphatic heterocycles. The quantitative estimate of drug-likeness (QED) is 0.839. The Kier molecular flexibility index (Phi) is 5.39. The molecular weight excluding hydrogens is 316 g/mol. The van der Waals surface area contributed by atoms with Crippen molar-refractivity contribution in [1.29, 1.82) is 0 Å². The second kappa shape index (κ2) is 7.29. The fourth-order valence-electron chi connectivity index (χ4n) is 2.41. The molecule has 4 nitrogen and oxygen atoms in total. The first-order valence-electron chi connectivity index (χ1n) is 7.29. The molecule has 0 unspecified atom stereocenters. The van der Waals surface area contributed by atoms with Crippen LogP contribution in [0.15, 0.2) is 30.3 Å². The largest absolute Gasteiger partial charge is 0.496 e. The molecule has 0 heterocycles. The van der Waals surface area contributed by atoms with E-state index in [2.05, 4.69) is 0 Å². The van der Waals surface area contributed by atoms with Gasteiger partial charge in [0.2, 0.25) is 0 Å². The van der Waals surface area contributed by atoms with Crippen molar-refractivity contribution in [1.82, 2.24) is 4.90 Å². The number of methoxy groups -OCH3 is 2. The maximum atomic E-state index is 13.7. The van der Waals surface area contributed by atoms with Crippen LogP contribution in [-0.4, -0.2) is 32.1 Å². The van der Waals surface area contributed by atoms with Crippen LogP contribution in [0.25, 0.3) is 0 Å². The van der Waals surface area contributed by atoms with Crippen molar-refractivity contribution in [3.63, 3.8) is 0 Å². The van der Waals surface area contributed by atoms with Gasteiger partial charge in [-0.05, 0) is 25.1 Å². The zero-order chi connectivity index (χ0) is 17.9. The average molecular weight is 335 g/mol. The maximum Gasteiger partial charge on any atom is 0.254 e. The second-order valence-electron chi connectivity index (χ2n) is 5.40. The van der Waals surface area contributed by atoms with Crippen molar-refractivity contribution < 1.29 is 23.0 Å². The van der Waals surface area contributed by atoms with Crippen LogP contribution in [-0.2, 0) is 6.54 Å². The van der Waals surface area contributed by atoms with E-state index in [-0.39, 0.29) is 18.0 Å². The number of carbonyl (C=O) groups is 1. The molecule has 0 bridgehead atoms. The van der Waals surface area contributed by atoms with Gasteiger partial charge in [0, 0.05) is 36.3 Å². The van der Waals surface area contributed by atoms with Crippen LogP contribution in [0.1, 0.15) is 21.5 Å². The smallest absolute Gasteiger partial charge is 0.254 e. The molecule has 128 valence electrons. The van der Waals surface area contributed by atoms with Gasteiger partial charge in [0.05, 0.1) is 14.2 Å². The first-order valence-corrected chi connectivity index (χ1v) is 7.29. The Bertz CT molecular complexity index is 737. The fraction of sp³-hybridized carbons (Fsp3) is 0.278. The lowest BCUT2D eigenvalue weighted by Crippen LogP contribution is -2.26. The van der Waals surface area contributed by atoms with Gasteiger partial charge in [-0.1, -0.05) is 6.07 Å². The Morgan fingerprint density at radius 3 is 2.17 bits per heavy atom. The van der Waals surface area contributed by atoms with Crippen LogP contribution < -0.4 is 9.47 Å². The van der Waals surface area contributed by atoms with E-state index in [4.69, 9.17) is 9.47 Å². The summed E-state index contributed by atoms with van der Waals surface area (Å²) in [6, 6.07) is 6.50. The summed E-state index contributed by atoms with van der Waals surface area (Å²) in [5, 5.41) is 0. The SMILES string of the molecule is COc1cc(C(=O)N(C)Cc2ccc(F)cc2F)cc(OC)c1C. The predicted molar refractivity (Wildman–Crippen MR) is 86.4 cm³/mol. The third-order valence-corrected chi connectivity index (χ3v) is 3.77. The van der Waals surface area contributed by atoms with Crippen molar-refractivity contribution in [3.05, 3.63) is 58.7 Å². The van der Waals surface area contributed by atoms with Gasteiger partial charge >= 0.3 is 0 Å². The van der Waals surface area contributed by atoms with E-state index in [1.165, 1.54) is 25.2 Å². The molecule has 0 spiro atoms. The van der Waals surface area contributed by atoms with E-state index in [0.29, 0.717) is 17.1 Å². The minimum absolute atomic E-state index is 0.0173. The average Bonchev–Trinajstić information content (AvgIpc) is 2.56. The van der Waals surface area contributed by atoms with Crippen molar-refractivity contribution in [2.24, 2.45) is 0 Å². The molecular formula is C18H19F2NO3. The predicted octanol–water partition coefficient (Wildman–Crippen LogP) is 3.56. The normalized spacial score (nSPS) is 10.4. The molecule has 0 fully saturated rings. The minimum Gasteiger partial charge on any atom is -0.496 e. The Morgan fingerprint density at radius 1 is 1.08 bits per heavy atom. The van der Waals surface area contributed by atoms with Crippen LogP contribution in [0.2, 0.25) is 0 Å². The van der Waals surface area contributed by atoms with Crippen LogP contribution in [0.3, 0.4) is 0 Å². The van der Waals surface area contributed by atoms with E-state index >= 15 is 0 Å². The van der Waals surface area contributed by atoms with Gasteiger partial charge in [0.25, 0.3) is 5.91 Å². The molecule has 0 aromatic heterocycles. The van der Waals surface area contributed by atoms with Gasteiger partial charge in [-0.3, -0.25) is 4.79 Å². The Morgan fingerprint density at radius 2 is 1.67 bits per heavy atom. The molecule has 0 saturated carbocycles. The lowest BCUT2D eigenvalue weighted by atomic mass is 10.1. The number of ether oxygens (including phenoxy) is 2. The third kappa shape index (κ3) is 3.64. The summed E-state index contributed by atoms with van der Waals surface area (Å²) in [7, 11) is 4.56. The van der Waals surface area contributed by atoms with E-state index < -0.39 is 11.6 Å². The summed E-state index contributed by atoms with van der Waals surface area (Å²) >= 11 is 0. The van der Waals surface area contributed by atoms with Gasteiger partial charge in [-0.2, -0.15) is 0 Å². The first-order chi connectivity index (χ1) is 11.4. The number of benzene rings is 2. The van der Waals surface area contributed by atoms with Crippen LogP contribution >= 0.6 is 0 Å². The number of hydrogen-bond donors (Lipinski definition) is 0. The monoisotopic (exact) mass is 335 g/mol. The number of amides is 1. The lowest BCUT2D eigenvalue weighted by molar-refractivity contribution is 0.0783. The number of rotatable bonds is 5. The molecule has 2 aromatic rings. The van der Waals surface area contributed by atoms with Gasteiger partial charge in [-0.15, -0.1) is 0 Å². The number of halogens is 2. The van der Waals surface area contributed by atoms with Crippen LogP contribution in [0.4, 0.5) is 8.78 Å². The van der Waals surface area contributed by atoms with E-state index in [9.17, 15) is 13.6 Å². The molecule has 1 amide bonds. The minimum atomic E-state index is -0.686. The van der Waals surface area contributed by atoms with Crippen molar-refractivity contribution in [2.75, 3.05) is 21.3 Å². The van der Waals surface area contributed by atoms with Gasteiger partial charge in [0.1, 0.15) is 23.1 Å². The highest BCUT2D eigenvalue weighted by molar-refractivity contribution is 5.95. The molecule has 0 saturated heterocycles. The van der Waals surface area contributed by atoms with E-state index in [1.807, 2.05) is 6.92 Å². The van der Waals surface area contributed by atoms with E-state index in [0.717, 1.165) is 17.7 Å². The first kappa shape index (κ1) is 17.7. The Labute approximate surface area is 139 Å². The summed E-state index contributed by atoms with van der Waals surface area (Å²) in [4.78, 5) is 13.9.